The van der Waals surface area contributed by atoms with E-state index < -0.39 is 11.1 Å². The van der Waals surface area contributed by atoms with Gasteiger partial charge in [0, 0.05) is 0 Å². The molecule has 1 atom stereocenters. The van der Waals surface area contributed by atoms with Crippen molar-refractivity contribution in [3.05, 3.63) is 23.1 Å². The SMILES string of the molecule is COc1ccc(S(=O)O)cc1N=O. The van der Waals surface area contributed by atoms with E-state index in [-0.39, 0.29) is 16.3 Å². The zero-order valence-electron chi connectivity index (χ0n) is 6.76. The van der Waals surface area contributed by atoms with Crippen molar-refractivity contribution in [2.45, 2.75) is 4.90 Å². The van der Waals surface area contributed by atoms with Crippen molar-refractivity contribution in [1.29, 1.82) is 0 Å². The van der Waals surface area contributed by atoms with E-state index in [2.05, 4.69) is 5.18 Å². The van der Waals surface area contributed by atoms with E-state index >= 15 is 0 Å². The molecule has 1 unspecified atom stereocenters. The highest BCUT2D eigenvalue weighted by molar-refractivity contribution is 7.79. The normalized spacial score (nSPS) is 12.2. The van der Waals surface area contributed by atoms with Crippen LogP contribution < -0.4 is 4.74 Å². The fourth-order valence-corrected chi connectivity index (χ4v) is 1.25. The molecule has 70 valence electrons. The second kappa shape index (κ2) is 4.11. The van der Waals surface area contributed by atoms with Crippen LogP contribution >= 0.6 is 0 Å². The third kappa shape index (κ3) is 2.10. The van der Waals surface area contributed by atoms with E-state index in [1.807, 2.05) is 0 Å². The van der Waals surface area contributed by atoms with Crippen molar-refractivity contribution in [2.75, 3.05) is 7.11 Å². The van der Waals surface area contributed by atoms with Crippen LogP contribution in [0.1, 0.15) is 0 Å². The summed E-state index contributed by atoms with van der Waals surface area (Å²) in [5.74, 6) is 0.282. The van der Waals surface area contributed by atoms with Crippen LogP contribution in [0.2, 0.25) is 0 Å². The average Bonchev–Trinajstić information content (AvgIpc) is 2.16. The van der Waals surface area contributed by atoms with Gasteiger partial charge in [0.25, 0.3) is 0 Å². The van der Waals surface area contributed by atoms with Gasteiger partial charge < -0.3 is 9.29 Å². The molecule has 1 aromatic carbocycles. The van der Waals surface area contributed by atoms with Crippen LogP contribution in [-0.4, -0.2) is 15.9 Å². The lowest BCUT2D eigenvalue weighted by atomic mass is 10.3. The van der Waals surface area contributed by atoms with Crippen molar-refractivity contribution >= 4 is 16.8 Å². The Hall–Kier alpha value is -1.27. The summed E-state index contributed by atoms with van der Waals surface area (Å²) in [6.45, 7) is 0. The van der Waals surface area contributed by atoms with Gasteiger partial charge in [0.15, 0.2) is 16.8 Å². The van der Waals surface area contributed by atoms with Crippen molar-refractivity contribution in [3.8, 4) is 5.75 Å². The maximum Gasteiger partial charge on any atom is 0.186 e. The van der Waals surface area contributed by atoms with E-state index in [4.69, 9.17) is 9.29 Å². The molecule has 0 fully saturated rings. The molecule has 0 radical (unpaired) electrons. The molecular formula is C7H7NO4S. The smallest absolute Gasteiger partial charge is 0.186 e. The first-order valence-corrected chi connectivity index (χ1v) is 4.42. The lowest BCUT2D eigenvalue weighted by Gasteiger charge is -2.02. The Labute approximate surface area is 77.0 Å². The van der Waals surface area contributed by atoms with Gasteiger partial charge in [-0.15, -0.1) is 4.91 Å². The topological polar surface area (TPSA) is 76.0 Å². The van der Waals surface area contributed by atoms with Gasteiger partial charge >= 0.3 is 0 Å². The number of methoxy groups -OCH3 is 1. The number of ether oxygens (including phenoxy) is 1. The van der Waals surface area contributed by atoms with Gasteiger partial charge in [-0.05, 0) is 23.4 Å². The monoisotopic (exact) mass is 201 g/mol. The van der Waals surface area contributed by atoms with E-state index in [0.717, 1.165) is 0 Å². The Balaban J connectivity index is 3.20. The Morgan fingerprint density at radius 2 is 2.23 bits per heavy atom. The first-order chi connectivity index (χ1) is 6.19. The third-order valence-electron chi connectivity index (χ3n) is 1.45. The van der Waals surface area contributed by atoms with Gasteiger partial charge in [0.1, 0.15) is 5.75 Å². The molecule has 6 heteroatoms. The summed E-state index contributed by atoms with van der Waals surface area (Å²) in [5, 5.41) is 2.66. The quantitative estimate of drug-likeness (QED) is 0.596. The van der Waals surface area contributed by atoms with Crippen LogP contribution in [0.15, 0.2) is 28.3 Å². The summed E-state index contributed by atoms with van der Waals surface area (Å²) >= 11 is -2.11. The highest BCUT2D eigenvalue weighted by atomic mass is 32.2. The molecule has 0 aliphatic carbocycles. The molecule has 0 amide bonds. The summed E-state index contributed by atoms with van der Waals surface area (Å²) in [4.78, 5) is 10.4. The number of nitrogens with zero attached hydrogens (tertiary/aromatic N) is 1. The maximum absolute atomic E-state index is 10.6. The van der Waals surface area contributed by atoms with E-state index in [1.165, 1.54) is 25.3 Å². The van der Waals surface area contributed by atoms with Crippen LogP contribution in [-0.2, 0) is 11.1 Å². The molecule has 1 N–H and O–H groups in total. The second-order valence-electron chi connectivity index (χ2n) is 2.17. The summed E-state index contributed by atoms with van der Waals surface area (Å²) in [5.41, 5.74) is 0.0161. The molecule has 0 aliphatic rings. The minimum absolute atomic E-state index is 0.0161. The highest BCUT2D eigenvalue weighted by Crippen LogP contribution is 2.28. The molecule has 13 heavy (non-hydrogen) atoms. The molecule has 0 aliphatic heterocycles. The lowest BCUT2D eigenvalue weighted by molar-refractivity contribution is 0.415. The number of benzene rings is 1. The van der Waals surface area contributed by atoms with Crippen molar-refractivity contribution < 1.29 is 13.5 Å². The van der Waals surface area contributed by atoms with Crippen molar-refractivity contribution in [1.82, 2.24) is 0 Å². The third-order valence-corrected chi connectivity index (χ3v) is 2.11. The van der Waals surface area contributed by atoms with Gasteiger partial charge in [0.05, 0.1) is 12.0 Å². The van der Waals surface area contributed by atoms with Gasteiger partial charge in [-0.2, -0.15) is 0 Å². The Morgan fingerprint density at radius 1 is 1.54 bits per heavy atom. The maximum atomic E-state index is 10.6. The summed E-state index contributed by atoms with van der Waals surface area (Å²) in [6.07, 6.45) is 0. The van der Waals surface area contributed by atoms with Gasteiger partial charge in [-0.3, -0.25) is 0 Å². The zero-order valence-corrected chi connectivity index (χ0v) is 7.58. The lowest BCUT2D eigenvalue weighted by Crippen LogP contribution is -1.89. The largest absolute Gasteiger partial charge is 0.494 e. The first kappa shape index (κ1) is 9.82. The van der Waals surface area contributed by atoms with Crippen LogP contribution in [0.5, 0.6) is 5.75 Å². The van der Waals surface area contributed by atoms with Crippen LogP contribution in [0.3, 0.4) is 0 Å². The number of hydrogen-bond donors (Lipinski definition) is 1. The van der Waals surface area contributed by atoms with Gasteiger partial charge in [-0.25, -0.2) is 4.21 Å². The Bertz CT molecular complexity index is 352. The molecule has 0 bridgehead atoms. The molecule has 0 heterocycles. The van der Waals surface area contributed by atoms with E-state index in [9.17, 15) is 9.12 Å². The molecule has 0 aromatic heterocycles. The standard InChI is InChI=1S/C7H7NO4S/c1-12-7-3-2-5(13(10)11)4-6(7)8-9/h2-4H,1H3,(H,10,11). The Kier molecular flexibility index (Phi) is 3.10. The average molecular weight is 201 g/mol. The van der Waals surface area contributed by atoms with Gasteiger partial charge in [-0.1, -0.05) is 0 Å². The number of nitroso groups, excluding NO2 is 1. The summed E-state index contributed by atoms with van der Waals surface area (Å²) < 4.78 is 24.1. The minimum Gasteiger partial charge on any atom is -0.494 e. The minimum atomic E-state index is -2.11. The van der Waals surface area contributed by atoms with Crippen LogP contribution in [0.4, 0.5) is 5.69 Å². The zero-order chi connectivity index (χ0) is 9.84. The van der Waals surface area contributed by atoms with Crippen molar-refractivity contribution in [3.63, 3.8) is 0 Å². The Morgan fingerprint density at radius 3 is 2.69 bits per heavy atom. The summed E-state index contributed by atoms with van der Waals surface area (Å²) in [7, 11) is 1.39. The molecule has 0 saturated heterocycles. The highest BCUT2D eigenvalue weighted by Gasteiger charge is 2.07. The van der Waals surface area contributed by atoms with E-state index in [0.29, 0.717) is 0 Å². The number of rotatable bonds is 3. The summed E-state index contributed by atoms with van der Waals surface area (Å²) in [6, 6.07) is 4.02. The predicted octanol–water partition coefficient (Wildman–Crippen LogP) is 1.67. The molecule has 1 aromatic rings. The van der Waals surface area contributed by atoms with Crippen molar-refractivity contribution in [2.24, 2.45) is 5.18 Å². The first-order valence-electron chi connectivity index (χ1n) is 3.31. The molecule has 0 saturated carbocycles. The van der Waals surface area contributed by atoms with Crippen LogP contribution in [0.25, 0.3) is 0 Å². The molecule has 1 rings (SSSR count). The molecular weight excluding hydrogens is 194 g/mol. The molecule has 0 spiro atoms. The predicted molar refractivity (Wildman–Crippen MR) is 47.5 cm³/mol. The van der Waals surface area contributed by atoms with Gasteiger partial charge in [0.2, 0.25) is 0 Å². The number of hydrogen-bond acceptors (Lipinski definition) is 4. The fourth-order valence-electron chi connectivity index (χ4n) is 0.850. The molecule has 5 nitrogen and oxygen atoms in total. The second-order valence-corrected chi connectivity index (χ2v) is 3.14. The van der Waals surface area contributed by atoms with Crippen LogP contribution in [0, 0.1) is 4.91 Å². The fraction of sp³-hybridized carbons (Fsp3) is 0.143. The van der Waals surface area contributed by atoms with E-state index in [1.54, 1.807) is 0 Å².